The molecule has 0 heterocycles. The van der Waals surface area contributed by atoms with Gasteiger partial charge in [0.2, 0.25) is 17.6 Å². The molecule has 21 heavy (non-hydrogen) atoms. The molecule has 0 aromatic heterocycles. The minimum Gasteiger partial charge on any atom is -0.493 e. The first-order valence-corrected chi connectivity index (χ1v) is 6.88. The van der Waals surface area contributed by atoms with E-state index in [9.17, 15) is 9.59 Å². The summed E-state index contributed by atoms with van der Waals surface area (Å²) in [6.45, 7) is 0. The Morgan fingerprint density at radius 3 is 1.67 bits per heavy atom. The molecule has 1 aromatic carbocycles. The van der Waals surface area contributed by atoms with Crippen molar-refractivity contribution in [2.75, 3.05) is 38.0 Å². The van der Waals surface area contributed by atoms with Crippen molar-refractivity contribution in [2.45, 2.75) is 0 Å². The Hall–Kier alpha value is -1.66. The number of alkyl halides is 2. The summed E-state index contributed by atoms with van der Waals surface area (Å²) in [7, 11) is 4.31. The zero-order chi connectivity index (χ0) is 16.0. The predicted molar refractivity (Wildman–Crippen MR) is 80.0 cm³/mol. The van der Waals surface area contributed by atoms with Gasteiger partial charge >= 0.3 is 0 Å². The van der Waals surface area contributed by atoms with Gasteiger partial charge in [-0.25, -0.2) is 4.90 Å². The lowest BCUT2D eigenvalue weighted by molar-refractivity contribution is -0.123. The second kappa shape index (κ2) is 7.95. The third-order valence-corrected chi connectivity index (χ3v) is 3.09. The van der Waals surface area contributed by atoms with Crippen LogP contribution in [0.15, 0.2) is 12.1 Å². The van der Waals surface area contributed by atoms with Gasteiger partial charge in [0.15, 0.2) is 11.5 Å². The summed E-state index contributed by atoms with van der Waals surface area (Å²) in [5.74, 6) is -0.963. The number of hydrogen-bond donors (Lipinski definition) is 0. The molecule has 116 valence electrons. The molecule has 2 amide bonds. The molecule has 0 aliphatic carbocycles. The molecule has 0 saturated carbocycles. The summed E-state index contributed by atoms with van der Waals surface area (Å²) in [4.78, 5) is 24.6. The molecule has 0 fully saturated rings. The van der Waals surface area contributed by atoms with Gasteiger partial charge in [-0.2, -0.15) is 0 Å². The lowest BCUT2D eigenvalue weighted by atomic mass is 10.2. The molecule has 0 aliphatic rings. The van der Waals surface area contributed by atoms with Crippen LogP contribution in [0, 0.1) is 0 Å². The van der Waals surface area contributed by atoms with Crippen LogP contribution >= 0.6 is 23.2 Å². The predicted octanol–water partition coefficient (Wildman–Crippen LogP) is 2.05. The van der Waals surface area contributed by atoms with Gasteiger partial charge in [0.1, 0.15) is 11.8 Å². The Bertz CT molecular complexity index is 494. The number of imide groups is 1. The van der Waals surface area contributed by atoms with Gasteiger partial charge in [0, 0.05) is 12.1 Å². The Morgan fingerprint density at radius 2 is 1.38 bits per heavy atom. The van der Waals surface area contributed by atoms with Gasteiger partial charge in [-0.1, -0.05) is 0 Å². The highest BCUT2D eigenvalue weighted by Crippen LogP contribution is 2.41. The standard InChI is InChI=1S/C13H15Cl2NO5/c1-19-9-4-8(5-10(20-2)13(9)21-3)16(11(17)6-14)12(18)7-15/h4-5H,6-7H2,1-3H3. The largest absolute Gasteiger partial charge is 0.493 e. The number of benzene rings is 1. The zero-order valence-corrected chi connectivity index (χ0v) is 13.3. The SMILES string of the molecule is COc1cc(N(C(=O)CCl)C(=O)CCl)cc(OC)c1OC. The third kappa shape index (κ3) is 3.71. The summed E-state index contributed by atoms with van der Waals surface area (Å²) in [5.41, 5.74) is 0.237. The highest BCUT2D eigenvalue weighted by Gasteiger charge is 2.25. The van der Waals surface area contributed by atoms with Crippen LogP contribution in [0.25, 0.3) is 0 Å². The normalized spacial score (nSPS) is 9.95. The first kappa shape index (κ1) is 17.4. The van der Waals surface area contributed by atoms with Crippen LogP contribution in [0.2, 0.25) is 0 Å². The van der Waals surface area contributed by atoms with E-state index >= 15 is 0 Å². The molecule has 0 atom stereocenters. The Kier molecular flexibility index (Phi) is 6.58. The van der Waals surface area contributed by atoms with E-state index in [4.69, 9.17) is 37.4 Å². The number of nitrogens with zero attached hydrogens (tertiary/aromatic N) is 1. The molecule has 1 rings (SSSR count). The van der Waals surface area contributed by atoms with E-state index in [2.05, 4.69) is 0 Å². The van der Waals surface area contributed by atoms with E-state index in [1.54, 1.807) is 0 Å². The molecule has 0 spiro atoms. The zero-order valence-electron chi connectivity index (χ0n) is 11.8. The number of rotatable bonds is 6. The quantitative estimate of drug-likeness (QED) is 0.744. The van der Waals surface area contributed by atoms with Crippen molar-refractivity contribution in [3.05, 3.63) is 12.1 Å². The van der Waals surface area contributed by atoms with Crippen molar-refractivity contribution >= 4 is 40.7 Å². The van der Waals surface area contributed by atoms with Gasteiger partial charge in [-0.05, 0) is 0 Å². The van der Waals surface area contributed by atoms with Crippen LogP contribution in [-0.2, 0) is 9.59 Å². The van der Waals surface area contributed by atoms with E-state index in [1.165, 1.54) is 33.5 Å². The van der Waals surface area contributed by atoms with Crippen LogP contribution in [-0.4, -0.2) is 44.9 Å². The van der Waals surface area contributed by atoms with E-state index in [0.717, 1.165) is 4.90 Å². The van der Waals surface area contributed by atoms with Gasteiger partial charge in [0.05, 0.1) is 27.0 Å². The average Bonchev–Trinajstić information content (AvgIpc) is 2.53. The fourth-order valence-corrected chi connectivity index (χ4v) is 1.98. The van der Waals surface area contributed by atoms with Crippen molar-refractivity contribution in [2.24, 2.45) is 0 Å². The van der Waals surface area contributed by atoms with E-state index < -0.39 is 11.8 Å². The number of halogens is 2. The topological polar surface area (TPSA) is 65.1 Å². The fraction of sp³-hybridized carbons (Fsp3) is 0.385. The van der Waals surface area contributed by atoms with E-state index in [-0.39, 0.29) is 17.4 Å². The van der Waals surface area contributed by atoms with Crippen molar-refractivity contribution in [1.29, 1.82) is 0 Å². The minimum atomic E-state index is -0.600. The number of amides is 2. The van der Waals surface area contributed by atoms with E-state index in [0.29, 0.717) is 17.2 Å². The molecule has 1 aromatic rings. The number of anilines is 1. The fourth-order valence-electron chi connectivity index (χ4n) is 1.74. The lowest BCUT2D eigenvalue weighted by Crippen LogP contribution is -2.38. The molecule has 0 saturated heterocycles. The second-order valence-electron chi connectivity index (χ2n) is 3.77. The summed E-state index contributed by atoms with van der Waals surface area (Å²) in [6.07, 6.45) is 0. The monoisotopic (exact) mass is 335 g/mol. The van der Waals surface area contributed by atoms with Crippen molar-refractivity contribution in [1.82, 2.24) is 0 Å². The number of methoxy groups -OCH3 is 3. The van der Waals surface area contributed by atoms with Crippen LogP contribution in [0.5, 0.6) is 17.2 Å². The number of ether oxygens (including phenoxy) is 3. The molecular weight excluding hydrogens is 321 g/mol. The molecule has 8 heteroatoms. The molecule has 0 N–H and O–H groups in total. The molecule has 6 nitrogen and oxygen atoms in total. The van der Waals surface area contributed by atoms with Crippen LogP contribution in [0.1, 0.15) is 0 Å². The first-order chi connectivity index (χ1) is 10.0. The van der Waals surface area contributed by atoms with Gasteiger partial charge < -0.3 is 14.2 Å². The molecule has 0 unspecified atom stereocenters. The van der Waals surface area contributed by atoms with Gasteiger partial charge in [0.25, 0.3) is 0 Å². The summed E-state index contributed by atoms with van der Waals surface area (Å²) < 4.78 is 15.5. The molecule has 0 bridgehead atoms. The Morgan fingerprint density at radius 1 is 0.952 bits per heavy atom. The summed E-state index contributed by atoms with van der Waals surface area (Å²) in [5, 5.41) is 0. The maximum atomic E-state index is 11.9. The Balaban J connectivity index is 3.45. The Labute approximate surface area is 132 Å². The van der Waals surface area contributed by atoms with Crippen molar-refractivity contribution in [3.8, 4) is 17.2 Å². The first-order valence-electron chi connectivity index (χ1n) is 5.81. The molecule has 0 radical (unpaired) electrons. The smallest absolute Gasteiger partial charge is 0.248 e. The molecule has 0 aliphatic heterocycles. The lowest BCUT2D eigenvalue weighted by Gasteiger charge is -2.21. The minimum absolute atomic E-state index is 0.237. The summed E-state index contributed by atoms with van der Waals surface area (Å²) in [6, 6.07) is 2.94. The third-order valence-electron chi connectivity index (χ3n) is 2.64. The number of carbonyl (C=O) groups excluding carboxylic acids is 2. The van der Waals surface area contributed by atoms with E-state index in [1.807, 2.05) is 0 Å². The summed E-state index contributed by atoms with van der Waals surface area (Å²) >= 11 is 11.1. The maximum absolute atomic E-state index is 11.9. The van der Waals surface area contributed by atoms with Crippen LogP contribution in [0.3, 0.4) is 0 Å². The average molecular weight is 336 g/mol. The maximum Gasteiger partial charge on any atom is 0.248 e. The van der Waals surface area contributed by atoms with Crippen molar-refractivity contribution in [3.63, 3.8) is 0 Å². The number of hydrogen-bond acceptors (Lipinski definition) is 5. The number of carbonyl (C=O) groups is 2. The second-order valence-corrected chi connectivity index (χ2v) is 4.31. The highest BCUT2D eigenvalue weighted by molar-refractivity contribution is 6.37. The van der Waals surface area contributed by atoms with Crippen LogP contribution in [0.4, 0.5) is 5.69 Å². The highest BCUT2D eigenvalue weighted by atomic mass is 35.5. The van der Waals surface area contributed by atoms with Gasteiger partial charge in [-0.15, -0.1) is 23.2 Å². The van der Waals surface area contributed by atoms with Gasteiger partial charge in [-0.3, -0.25) is 9.59 Å². The molecular formula is C13H15Cl2NO5. The van der Waals surface area contributed by atoms with Crippen LogP contribution < -0.4 is 19.1 Å². The van der Waals surface area contributed by atoms with Crippen molar-refractivity contribution < 1.29 is 23.8 Å².